The number of rotatable bonds is 7. The number of benzene rings is 2. The molecule has 0 aliphatic rings. The predicted molar refractivity (Wildman–Crippen MR) is 128 cm³/mol. The van der Waals surface area contributed by atoms with Crippen LogP contribution in [0.3, 0.4) is 0 Å². The van der Waals surface area contributed by atoms with Gasteiger partial charge in [0.25, 0.3) is 0 Å². The van der Waals surface area contributed by atoms with Crippen LogP contribution in [0.5, 0.6) is 5.75 Å². The first-order valence-electron chi connectivity index (χ1n) is 10.1. The first-order chi connectivity index (χ1) is 15.9. The molecule has 0 saturated heterocycles. The second-order valence-corrected chi connectivity index (χ2v) is 7.41. The number of ether oxygens (including phenoxy) is 1. The molecule has 4 aromatic rings. The van der Waals surface area contributed by atoms with Gasteiger partial charge >= 0.3 is 0 Å². The maximum atomic E-state index is 13.8. The second-order valence-electron chi connectivity index (χ2n) is 7.41. The van der Waals surface area contributed by atoms with Crippen LogP contribution < -0.4 is 20.3 Å². The van der Waals surface area contributed by atoms with Gasteiger partial charge in [-0.1, -0.05) is 6.58 Å². The minimum absolute atomic E-state index is 0.308. The second kappa shape index (κ2) is 8.99. The summed E-state index contributed by atoms with van der Waals surface area (Å²) in [4.78, 5) is 22.7. The molecule has 2 N–H and O–H groups in total. The molecule has 0 unspecified atom stereocenters. The van der Waals surface area contributed by atoms with E-state index in [1.165, 1.54) is 18.2 Å². The number of amides is 1. The Morgan fingerprint density at radius 1 is 1.18 bits per heavy atom. The van der Waals surface area contributed by atoms with Gasteiger partial charge < -0.3 is 24.8 Å². The van der Waals surface area contributed by atoms with Crippen LogP contribution in [0.4, 0.5) is 27.4 Å². The van der Waals surface area contributed by atoms with E-state index < -0.39 is 0 Å². The van der Waals surface area contributed by atoms with Gasteiger partial charge in [0, 0.05) is 37.9 Å². The number of aromatic nitrogens is 3. The average molecular weight is 446 g/mol. The van der Waals surface area contributed by atoms with Crippen LogP contribution in [0, 0.1) is 5.82 Å². The summed E-state index contributed by atoms with van der Waals surface area (Å²) in [7, 11) is 5.28. The Kier molecular flexibility index (Phi) is 5.95. The molecule has 4 rings (SSSR count). The van der Waals surface area contributed by atoms with Crippen molar-refractivity contribution in [3.8, 4) is 11.6 Å². The maximum Gasteiger partial charge on any atom is 0.247 e. The summed E-state index contributed by atoms with van der Waals surface area (Å²) in [5, 5.41) is 6.85. The summed E-state index contributed by atoms with van der Waals surface area (Å²) < 4.78 is 21.1. The molecule has 2 heterocycles. The summed E-state index contributed by atoms with van der Waals surface area (Å²) >= 11 is 0. The van der Waals surface area contributed by atoms with Crippen molar-refractivity contribution in [3.05, 3.63) is 73.3 Å². The molecule has 2 aromatic heterocycles. The Morgan fingerprint density at radius 3 is 2.73 bits per heavy atom. The summed E-state index contributed by atoms with van der Waals surface area (Å²) in [6, 6.07) is 11.8. The molecule has 33 heavy (non-hydrogen) atoms. The minimum Gasteiger partial charge on any atom is -0.494 e. The lowest BCUT2D eigenvalue weighted by atomic mass is 10.2. The minimum atomic E-state index is -0.334. The summed E-state index contributed by atoms with van der Waals surface area (Å²) in [6.45, 7) is 3.50. The molecular formula is C24H23FN6O2. The average Bonchev–Trinajstić information content (AvgIpc) is 3.22. The topological polar surface area (TPSA) is 84.3 Å². The predicted octanol–water partition coefficient (Wildman–Crippen LogP) is 4.50. The highest BCUT2D eigenvalue weighted by Gasteiger charge is 2.15. The summed E-state index contributed by atoms with van der Waals surface area (Å²) in [6.07, 6.45) is 4.63. The molecule has 0 bridgehead atoms. The number of carbonyl (C=O) groups is 1. The molecule has 9 heteroatoms. The van der Waals surface area contributed by atoms with Crippen molar-refractivity contribution in [2.24, 2.45) is 0 Å². The Morgan fingerprint density at radius 2 is 2.00 bits per heavy atom. The zero-order chi connectivity index (χ0) is 23.5. The van der Waals surface area contributed by atoms with Gasteiger partial charge in [-0.05, 0) is 42.5 Å². The normalized spacial score (nSPS) is 10.7. The van der Waals surface area contributed by atoms with E-state index >= 15 is 0 Å². The van der Waals surface area contributed by atoms with Crippen LogP contribution in [-0.4, -0.2) is 41.6 Å². The number of methoxy groups -OCH3 is 1. The zero-order valence-corrected chi connectivity index (χ0v) is 18.5. The molecule has 0 saturated carbocycles. The standard InChI is InChI=1S/C24H23FN6O2/c1-5-23(32)27-17-13-18(21(33-4)14-20(17)30(2)3)28-24-26-10-8-22(29-24)31-11-9-15-6-7-16(25)12-19(15)31/h5-14H,1H2,2-4H3,(H,27,32)(H,26,28,29). The summed E-state index contributed by atoms with van der Waals surface area (Å²) in [5.74, 6) is 0.756. The number of carbonyl (C=O) groups excluding carboxylic acids is 1. The SMILES string of the molecule is C=CC(=O)Nc1cc(Nc2nccc(-n3ccc4ccc(F)cc43)n2)c(OC)cc1N(C)C. The van der Waals surface area contributed by atoms with E-state index in [2.05, 4.69) is 27.2 Å². The fraction of sp³-hybridized carbons (Fsp3) is 0.125. The van der Waals surface area contributed by atoms with Gasteiger partial charge in [-0.25, -0.2) is 9.37 Å². The monoisotopic (exact) mass is 446 g/mol. The Balaban J connectivity index is 1.73. The van der Waals surface area contributed by atoms with Crippen molar-refractivity contribution < 1.29 is 13.9 Å². The van der Waals surface area contributed by atoms with Gasteiger partial charge in [-0.2, -0.15) is 4.98 Å². The molecular weight excluding hydrogens is 423 g/mol. The lowest BCUT2D eigenvalue weighted by molar-refractivity contribution is -0.111. The van der Waals surface area contributed by atoms with E-state index in [0.717, 1.165) is 11.1 Å². The van der Waals surface area contributed by atoms with Crippen molar-refractivity contribution in [1.29, 1.82) is 0 Å². The Hall–Kier alpha value is -4.40. The third-order valence-corrected chi connectivity index (χ3v) is 5.03. The maximum absolute atomic E-state index is 13.8. The highest BCUT2D eigenvalue weighted by atomic mass is 19.1. The van der Waals surface area contributed by atoms with Crippen LogP contribution >= 0.6 is 0 Å². The van der Waals surface area contributed by atoms with Crippen molar-refractivity contribution in [1.82, 2.24) is 14.5 Å². The van der Waals surface area contributed by atoms with E-state index in [-0.39, 0.29) is 11.7 Å². The molecule has 168 valence electrons. The quantitative estimate of drug-likeness (QED) is 0.407. The first-order valence-corrected chi connectivity index (χ1v) is 10.1. The first kappa shape index (κ1) is 21.8. The number of nitrogens with one attached hydrogen (secondary N) is 2. The molecule has 8 nitrogen and oxygen atoms in total. The van der Waals surface area contributed by atoms with Gasteiger partial charge in [-0.3, -0.25) is 4.79 Å². The van der Waals surface area contributed by atoms with Gasteiger partial charge in [0.05, 0.1) is 29.7 Å². The van der Waals surface area contributed by atoms with Gasteiger partial charge in [0.2, 0.25) is 11.9 Å². The van der Waals surface area contributed by atoms with Gasteiger partial charge in [0.15, 0.2) is 0 Å². The number of halogens is 1. The molecule has 1 amide bonds. The van der Waals surface area contributed by atoms with Crippen LogP contribution in [0.2, 0.25) is 0 Å². The third kappa shape index (κ3) is 4.47. The number of fused-ring (bicyclic) bond motifs is 1. The van der Waals surface area contributed by atoms with Crippen LogP contribution in [-0.2, 0) is 4.79 Å². The van der Waals surface area contributed by atoms with Gasteiger partial charge in [-0.15, -0.1) is 0 Å². The molecule has 0 aliphatic carbocycles. The number of hydrogen-bond acceptors (Lipinski definition) is 6. The molecule has 0 fully saturated rings. The summed E-state index contributed by atoms with van der Waals surface area (Å²) in [5.41, 5.74) is 2.57. The van der Waals surface area contributed by atoms with Crippen LogP contribution in [0.25, 0.3) is 16.7 Å². The number of anilines is 4. The highest BCUT2D eigenvalue weighted by Crippen LogP contribution is 2.37. The van der Waals surface area contributed by atoms with Crippen LogP contribution in [0.15, 0.2) is 67.5 Å². The van der Waals surface area contributed by atoms with Crippen molar-refractivity contribution in [3.63, 3.8) is 0 Å². The number of nitrogens with zero attached hydrogens (tertiary/aromatic N) is 4. The Bertz CT molecular complexity index is 1350. The van der Waals surface area contributed by atoms with Crippen molar-refractivity contribution in [2.45, 2.75) is 0 Å². The zero-order valence-electron chi connectivity index (χ0n) is 18.5. The van der Waals surface area contributed by atoms with E-state index in [1.54, 1.807) is 42.1 Å². The lowest BCUT2D eigenvalue weighted by Crippen LogP contribution is -2.15. The van der Waals surface area contributed by atoms with E-state index in [0.29, 0.717) is 34.4 Å². The van der Waals surface area contributed by atoms with E-state index in [9.17, 15) is 9.18 Å². The van der Waals surface area contributed by atoms with Gasteiger partial charge in [0.1, 0.15) is 17.4 Å². The highest BCUT2D eigenvalue weighted by molar-refractivity contribution is 6.02. The molecule has 0 atom stereocenters. The Labute approximate surface area is 190 Å². The molecule has 2 aromatic carbocycles. The fourth-order valence-electron chi connectivity index (χ4n) is 3.45. The lowest BCUT2D eigenvalue weighted by Gasteiger charge is -2.21. The molecule has 0 radical (unpaired) electrons. The largest absolute Gasteiger partial charge is 0.494 e. The van der Waals surface area contributed by atoms with Crippen molar-refractivity contribution >= 4 is 39.8 Å². The van der Waals surface area contributed by atoms with E-state index in [1.807, 2.05) is 31.3 Å². The molecule has 0 aliphatic heterocycles. The fourth-order valence-corrected chi connectivity index (χ4v) is 3.45. The van der Waals surface area contributed by atoms with E-state index in [4.69, 9.17) is 4.74 Å². The van der Waals surface area contributed by atoms with Crippen molar-refractivity contribution in [2.75, 3.05) is 36.7 Å². The third-order valence-electron chi connectivity index (χ3n) is 5.03. The molecule has 0 spiro atoms. The van der Waals surface area contributed by atoms with Crippen LogP contribution in [0.1, 0.15) is 0 Å². The smallest absolute Gasteiger partial charge is 0.247 e. The number of hydrogen-bond donors (Lipinski definition) is 2.